The molecule has 7 heteroatoms. The molecule has 1 aliphatic heterocycles. The largest absolute Gasteiger partial charge is 0.341 e. The maximum Gasteiger partial charge on any atom is 0.325 e. The van der Waals surface area contributed by atoms with Crippen molar-refractivity contribution in [3.05, 3.63) is 56.5 Å². The molecule has 0 saturated heterocycles. The molecular weight excluding hydrogens is 481 g/mol. The molecule has 140 valence electrons. The van der Waals surface area contributed by atoms with Gasteiger partial charge in [0.1, 0.15) is 0 Å². The zero-order valence-corrected chi connectivity index (χ0v) is 18.8. The molecule has 4 nitrogen and oxygen atoms in total. The molecule has 1 heterocycles. The minimum Gasteiger partial charge on any atom is -0.341 e. The fourth-order valence-corrected chi connectivity index (χ4v) is 4.95. The van der Waals surface area contributed by atoms with Crippen LogP contribution in [0.5, 0.6) is 0 Å². The number of unbranched alkanes of at least 4 members (excludes halogenated alkanes) is 1. The summed E-state index contributed by atoms with van der Waals surface area (Å²) in [6.07, 6.45) is 1.16. The number of anilines is 2. The molecule has 0 fully saturated rings. The molecule has 1 aliphatic rings. The molecule has 26 heavy (non-hydrogen) atoms. The Morgan fingerprint density at radius 3 is 1.92 bits per heavy atom. The van der Waals surface area contributed by atoms with Gasteiger partial charge in [0.15, 0.2) is 0 Å². The van der Waals surface area contributed by atoms with Crippen LogP contribution in [0.15, 0.2) is 45.3 Å². The summed E-state index contributed by atoms with van der Waals surface area (Å²) in [6.45, 7) is 5.18. The fraction of sp³-hybridized carbons (Fsp3) is 0.368. The minimum absolute atomic E-state index is 0.0628. The summed E-state index contributed by atoms with van der Waals surface area (Å²) in [5.41, 5.74) is 4.66. The predicted molar refractivity (Wildman–Crippen MR) is 114 cm³/mol. The van der Waals surface area contributed by atoms with Gasteiger partial charge >= 0.3 is 7.60 Å². The lowest BCUT2D eigenvalue weighted by molar-refractivity contribution is 0.371. The smallest absolute Gasteiger partial charge is 0.325 e. The molecular formula is C19H22Br2NO3P. The van der Waals surface area contributed by atoms with E-state index in [2.05, 4.69) is 74.9 Å². The van der Waals surface area contributed by atoms with Gasteiger partial charge in [-0.05, 0) is 60.4 Å². The lowest BCUT2D eigenvalue weighted by Crippen LogP contribution is -2.33. The van der Waals surface area contributed by atoms with Crippen LogP contribution in [0.2, 0.25) is 0 Å². The van der Waals surface area contributed by atoms with Crippen LogP contribution in [0.4, 0.5) is 11.4 Å². The van der Waals surface area contributed by atoms with E-state index in [1.165, 1.54) is 11.1 Å². The molecule has 0 radical (unpaired) electrons. The van der Waals surface area contributed by atoms with E-state index in [9.17, 15) is 4.57 Å². The van der Waals surface area contributed by atoms with Crippen LogP contribution in [0, 0.1) is 0 Å². The van der Waals surface area contributed by atoms with E-state index in [-0.39, 0.29) is 11.6 Å². The monoisotopic (exact) mass is 501 g/mol. The van der Waals surface area contributed by atoms with E-state index < -0.39 is 7.60 Å². The van der Waals surface area contributed by atoms with Crippen molar-refractivity contribution in [2.45, 2.75) is 32.1 Å². The van der Waals surface area contributed by atoms with Crippen molar-refractivity contribution in [3.8, 4) is 0 Å². The van der Waals surface area contributed by atoms with Crippen molar-refractivity contribution in [1.82, 2.24) is 0 Å². The van der Waals surface area contributed by atoms with E-state index in [4.69, 9.17) is 9.79 Å². The molecule has 2 aromatic carbocycles. The van der Waals surface area contributed by atoms with E-state index in [0.29, 0.717) is 6.42 Å². The Morgan fingerprint density at radius 2 is 1.46 bits per heavy atom. The number of benzene rings is 2. The second-order valence-corrected chi connectivity index (χ2v) is 10.8. The van der Waals surface area contributed by atoms with Crippen LogP contribution >= 0.6 is 39.5 Å². The molecule has 0 unspecified atom stereocenters. The molecule has 0 bridgehead atoms. The zero-order chi connectivity index (χ0) is 19.1. The second-order valence-electron chi connectivity index (χ2n) is 7.19. The number of hydrogen-bond acceptors (Lipinski definition) is 2. The van der Waals surface area contributed by atoms with Crippen LogP contribution in [-0.4, -0.2) is 22.5 Å². The molecule has 0 saturated carbocycles. The molecule has 0 spiro atoms. The standard InChI is InChI=1S/C19H22Br2NO3P/c1-19(2)15-11-13(20)5-7-17(15)22(9-3-4-10-26(23,24)25)18-8-6-14(21)12-16(18)19/h5-8,11-12H,3-4,9-10H2,1-2H3,(H2,23,24,25). The molecule has 3 rings (SSSR count). The van der Waals surface area contributed by atoms with Gasteiger partial charge in [-0.25, -0.2) is 0 Å². The maximum absolute atomic E-state index is 11.1. The number of fused-ring (bicyclic) bond motifs is 2. The van der Waals surface area contributed by atoms with Gasteiger partial charge < -0.3 is 14.7 Å². The van der Waals surface area contributed by atoms with Crippen molar-refractivity contribution >= 4 is 50.8 Å². The highest BCUT2D eigenvalue weighted by molar-refractivity contribution is 9.10. The van der Waals surface area contributed by atoms with Gasteiger partial charge in [-0.1, -0.05) is 45.7 Å². The van der Waals surface area contributed by atoms with Crippen molar-refractivity contribution in [2.75, 3.05) is 17.6 Å². The minimum atomic E-state index is -3.93. The number of nitrogens with zero attached hydrogens (tertiary/aromatic N) is 1. The molecule has 2 N–H and O–H groups in total. The summed E-state index contributed by atoms with van der Waals surface area (Å²) in [5.74, 6) is 0. The van der Waals surface area contributed by atoms with Gasteiger partial charge in [0.25, 0.3) is 0 Å². The quantitative estimate of drug-likeness (QED) is 0.392. The highest BCUT2D eigenvalue weighted by Gasteiger charge is 2.36. The van der Waals surface area contributed by atoms with Crippen LogP contribution in [0.25, 0.3) is 0 Å². The highest BCUT2D eigenvalue weighted by Crippen LogP contribution is 2.50. The summed E-state index contributed by atoms with van der Waals surface area (Å²) in [6, 6.07) is 12.7. The summed E-state index contributed by atoms with van der Waals surface area (Å²) >= 11 is 7.18. The first-order valence-corrected chi connectivity index (χ1v) is 11.9. The van der Waals surface area contributed by atoms with Gasteiger partial charge in [-0.3, -0.25) is 4.57 Å². The lowest BCUT2D eigenvalue weighted by Gasteiger charge is -2.42. The maximum atomic E-state index is 11.1. The van der Waals surface area contributed by atoms with Gasteiger partial charge in [0.2, 0.25) is 0 Å². The number of hydrogen-bond donors (Lipinski definition) is 2. The average Bonchev–Trinajstić information content (AvgIpc) is 2.54. The second kappa shape index (κ2) is 7.40. The highest BCUT2D eigenvalue weighted by atomic mass is 79.9. The van der Waals surface area contributed by atoms with Gasteiger partial charge in [0.05, 0.1) is 0 Å². The first kappa shape index (κ1) is 20.1. The Balaban J connectivity index is 1.99. The van der Waals surface area contributed by atoms with E-state index >= 15 is 0 Å². The molecule has 2 aromatic rings. The van der Waals surface area contributed by atoms with Crippen molar-refractivity contribution in [2.24, 2.45) is 0 Å². The third-order valence-electron chi connectivity index (χ3n) is 4.93. The number of halogens is 2. The summed E-state index contributed by atoms with van der Waals surface area (Å²) in [4.78, 5) is 20.4. The predicted octanol–water partition coefficient (Wildman–Crippen LogP) is 5.95. The van der Waals surface area contributed by atoms with Crippen LogP contribution < -0.4 is 4.90 Å². The van der Waals surface area contributed by atoms with Gasteiger partial charge in [0, 0.05) is 38.4 Å². The first-order chi connectivity index (χ1) is 12.1. The van der Waals surface area contributed by atoms with Crippen LogP contribution in [0.1, 0.15) is 37.8 Å². The van der Waals surface area contributed by atoms with Crippen molar-refractivity contribution < 1.29 is 14.4 Å². The SMILES string of the molecule is CC1(C)c2cc(Br)ccc2N(CCCCP(=O)(O)O)c2ccc(Br)cc21. The van der Waals surface area contributed by atoms with E-state index in [1.807, 2.05) is 12.1 Å². The van der Waals surface area contributed by atoms with Gasteiger partial charge in [-0.2, -0.15) is 0 Å². The fourth-order valence-electron chi connectivity index (χ4n) is 3.59. The zero-order valence-electron chi connectivity index (χ0n) is 14.7. The normalized spacial score (nSPS) is 15.5. The third kappa shape index (κ3) is 4.10. The Labute approximate surface area is 171 Å². The molecule has 0 aliphatic carbocycles. The summed E-state index contributed by atoms with van der Waals surface area (Å²) < 4.78 is 13.2. The third-order valence-corrected chi connectivity index (χ3v) is 6.81. The van der Waals surface area contributed by atoms with Crippen LogP contribution in [0.3, 0.4) is 0 Å². The number of rotatable bonds is 5. The Morgan fingerprint density at radius 1 is 0.962 bits per heavy atom. The van der Waals surface area contributed by atoms with Crippen LogP contribution in [-0.2, 0) is 9.98 Å². The van der Waals surface area contributed by atoms with Crippen molar-refractivity contribution in [1.29, 1.82) is 0 Å². The Hall–Kier alpha value is -0.650. The van der Waals surface area contributed by atoms with Gasteiger partial charge in [-0.15, -0.1) is 0 Å². The summed E-state index contributed by atoms with van der Waals surface area (Å²) in [5, 5.41) is 0. The summed E-state index contributed by atoms with van der Waals surface area (Å²) in [7, 11) is -3.93. The molecule has 0 aromatic heterocycles. The average molecular weight is 503 g/mol. The first-order valence-electron chi connectivity index (χ1n) is 8.52. The Bertz CT molecular complexity index is 824. The Kier molecular flexibility index (Phi) is 5.72. The molecule has 0 atom stereocenters. The topological polar surface area (TPSA) is 60.8 Å². The molecule has 0 amide bonds. The van der Waals surface area contributed by atoms with E-state index in [0.717, 1.165) is 33.3 Å². The van der Waals surface area contributed by atoms with E-state index in [1.54, 1.807) is 0 Å². The van der Waals surface area contributed by atoms with Crippen molar-refractivity contribution in [3.63, 3.8) is 0 Å². The lowest BCUT2D eigenvalue weighted by atomic mass is 9.73.